The Kier molecular flexibility index (Phi) is 4.87. The Bertz CT molecular complexity index is 671. The van der Waals surface area contributed by atoms with E-state index in [-0.39, 0.29) is 19.2 Å². The summed E-state index contributed by atoms with van der Waals surface area (Å²) in [4.78, 5) is 20.3. The third-order valence-corrected chi connectivity index (χ3v) is 2.81. The highest BCUT2D eigenvalue weighted by Gasteiger charge is 2.42. The molecule has 2 aromatic heterocycles. The molecule has 6 nitrogen and oxygen atoms in total. The van der Waals surface area contributed by atoms with Crippen molar-refractivity contribution in [3.8, 4) is 0 Å². The summed E-state index contributed by atoms with van der Waals surface area (Å²) in [7, 11) is 1.49. The van der Waals surface area contributed by atoms with Crippen molar-refractivity contribution < 1.29 is 27.1 Å². The van der Waals surface area contributed by atoms with Gasteiger partial charge in [0.2, 0.25) is 5.76 Å². The number of halogens is 3. The van der Waals surface area contributed by atoms with E-state index in [0.29, 0.717) is 0 Å². The lowest BCUT2D eigenvalue weighted by atomic mass is 10.3. The molecule has 0 N–H and O–H groups in total. The lowest BCUT2D eigenvalue weighted by Crippen LogP contribution is -2.17. The summed E-state index contributed by atoms with van der Waals surface area (Å²) >= 11 is 0. The SMILES string of the molecule is CCOC(=O)c1oc(N(C)Cc2cccnc2)nc1C(F)(F)F. The Labute approximate surface area is 129 Å². The van der Waals surface area contributed by atoms with Gasteiger partial charge in [-0.05, 0) is 18.6 Å². The van der Waals surface area contributed by atoms with E-state index in [1.54, 1.807) is 24.5 Å². The van der Waals surface area contributed by atoms with Crippen LogP contribution in [0.3, 0.4) is 0 Å². The van der Waals surface area contributed by atoms with Crippen LogP contribution in [0, 0.1) is 0 Å². The van der Waals surface area contributed by atoms with Crippen LogP contribution >= 0.6 is 0 Å². The molecule has 0 bridgehead atoms. The minimum absolute atomic E-state index is 0.0717. The quantitative estimate of drug-likeness (QED) is 0.786. The van der Waals surface area contributed by atoms with Crippen LogP contribution in [-0.2, 0) is 17.5 Å². The number of esters is 1. The predicted molar refractivity (Wildman–Crippen MR) is 73.8 cm³/mol. The molecule has 124 valence electrons. The van der Waals surface area contributed by atoms with E-state index < -0.39 is 23.6 Å². The summed E-state index contributed by atoms with van der Waals surface area (Å²) in [5, 5.41) is 0. The van der Waals surface area contributed by atoms with Crippen molar-refractivity contribution in [1.82, 2.24) is 9.97 Å². The summed E-state index contributed by atoms with van der Waals surface area (Å²) in [6.45, 7) is 1.63. The van der Waals surface area contributed by atoms with Gasteiger partial charge in [0.05, 0.1) is 6.61 Å². The van der Waals surface area contributed by atoms with E-state index >= 15 is 0 Å². The first-order valence-corrected chi connectivity index (χ1v) is 6.68. The van der Waals surface area contributed by atoms with Crippen LogP contribution in [-0.4, -0.2) is 29.6 Å². The third-order valence-electron chi connectivity index (χ3n) is 2.81. The number of hydrogen-bond acceptors (Lipinski definition) is 6. The lowest BCUT2D eigenvalue weighted by molar-refractivity contribution is -0.141. The summed E-state index contributed by atoms with van der Waals surface area (Å²) in [5.41, 5.74) is -0.650. The maximum atomic E-state index is 13.0. The number of pyridine rings is 1. The lowest BCUT2D eigenvalue weighted by Gasteiger charge is -2.13. The molecular formula is C14H14F3N3O3. The molecule has 0 aliphatic rings. The molecule has 0 unspecified atom stereocenters. The van der Waals surface area contributed by atoms with Gasteiger partial charge in [0.15, 0.2) is 5.69 Å². The number of aromatic nitrogens is 2. The van der Waals surface area contributed by atoms with E-state index in [1.165, 1.54) is 18.9 Å². The first-order chi connectivity index (χ1) is 10.8. The number of oxazole rings is 1. The molecule has 2 rings (SSSR count). The second kappa shape index (κ2) is 6.67. The molecule has 0 aliphatic carbocycles. The maximum Gasteiger partial charge on any atom is 0.437 e. The van der Waals surface area contributed by atoms with Crippen molar-refractivity contribution in [1.29, 1.82) is 0 Å². The van der Waals surface area contributed by atoms with Crippen LogP contribution in [0.15, 0.2) is 28.9 Å². The zero-order valence-electron chi connectivity index (χ0n) is 12.4. The Morgan fingerprint density at radius 2 is 2.17 bits per heavy atom. The van der Waals surface area contributed by atoms with Gasteiger partial charge in [-0.25, -0.2) is 4.79 Å². The maximum absolute atomic E-state index is 13.0. The Morgan fingerprint density at radius 1 is 1.43 bits per heavy atom. The second-order valence-electron chi connectivity index (χ2n) is 4.61. The largest absolute Gasteiger partial charge is 0.460 e. The zero-order chi connectivity index (χ0) is 17.0. The van der Waals surface area contributed by atoms with Gasteiger partial charge in [0.1, 0.15) is 0 Å². The summed E-state index contributed by atoms with van der Waals surface area (Å²) in [6, 6.07) is 3.12. The van der Waals surface area contributed by atoms with Crippen molar-refractivity contribution in [3.63, 3.8) is 0 Å². The van der Waals surface area contributed by atoms with Crippen molar-refractivity contribution in [2.45, 2.75) is 19.6 Å². The van der Waals surface area contributed by atoms with Gasteiger partial charge in [-0.1, -0.05) is 6.07 Å². The van der Waals surface area contributed by atoms with Gasteiger partial charge in [-0.15, -0.1) is 0 Å². The summed E-state index contributed by atoms with van der Waals surface area (Å²) < 4.78 is 48.5. The molecule has 0 aromatic carbocycles. The van der Waals surface area contributed by atoms with Crippen LogP contribution in [0.2, 0.25) is 0 Å². The van der Waals surface area contributed by atoms with Crippen molar-refractivity contribution >= 4 is 12.0 Å². The third kappa shape index (κ3) is 3.99. The Balaban J connectivity index is 2.30. The zero-order valence-corrected chi connectivity index (χ0v) is 12.4. The van der Waals surface area contributed by atoms with Crippen LogP contribution in [0.1, 0.15) is 28.7 Å². The molecule has 2 aromatic rings. The molecule has 0 atom stereocenters. The minimum atomic E-state index is -4.82. The van der Waals surface area contributed by atoms with Gasteiger partial charge in [0.25, 0.3) is 6.01 Å². The molecule has 0 aliphatic heterocycles. The number of carbonyl (C=O) groups is 1. The average molecular weight is 329 g/mol. The van der Waals surface area contributed by atoms with E-state index in [9.17, 15) is 18.0 Å². The molecule has 0 spiro atoms. The summed E-state index contributed by atoms with van der Waals surface area (Å²) in [6.07, 6.45) is -1.68. The van der Waals surface area contributed by atoms with Gasteiger partial charge in [0, 0.05) is 26.0 Å². The van der Waals surface area contributed by atoms with Crippen molar-refractivity contribution in [2.24, 2.45) is 0 Å². The van der Waals surface area contributed by atoms with Gasteiger partial charge in [-0.3, -0.25) is 4.98 Å². The van der Waals surface area contributed by atoms with E-state index in [4.69, 9.17) is 4.42 Å². The van der Waals surface area contributed by atoms with Crippen LogP contribution in [0.4, 0.5) is 19.2 Å². The average Bonchev–Trinajstić information content (AvgIpc) is 2.94. The molecular weight excluding hydrogens is 315 g/mol. The first kappa shape index (κ1) is 16.8. The molecule has 0 radical (unpaired) electrons. The second-order valence-corrected chi connectivity index (χ2v) is 4.61. The predicted octanol–water partition coefficient (Wildman–Crippen LogP) is 2.90. The fourth-order valence-electron chi connectivity index (χ4n) is 1.83. The number of rotatable bonds is 5. The molecule has 23 heavy (non-hydrogen) atoms. The number of anilines is 1. The molecule has 0 amide bonds. The van der Waals surface area contributed by atoms with Gasteiger partial charge >= 0.3 is 12.1 Å². The molecule has 0 fully saturated rings. The van der Waals surface area contributed by atoms with Crippen LogP contribution in [0.5, 0.6) is 0 Å². The van der Waals surface area contributed by atoms with Gasteiger partial charge in [-0.2, -0.15) is 18.2 Å². The number of alkyl halides is 3. The fourth-order valence-corrected chi connectivity index (χ4v) is 1.83. The van der Waals surface area contributed by atoms with Crippen LogP contribution in [0.25, 0.3) is 0 Å². The standard InChI is InChI=1S/C14H14F3N3O3/c1-3-22-12(21)10-11(14(15,16)17)19-13(23-10)20(2)8-9-5-4-6-18-7-9/h4-7H,3,8H2,1-2H3. The Hall–Kier alpha value is -2.58. The molecule has 0 saturated carbocycles. The fraction of sp³-hybridized carbons (Fsp3) is 0.357. The highest BCUT2D eigenvalue weighted by atomic mass is 19.4. The van der Waals surface area contributed by atoms with E-state index in [2.05, 4.69) is 14.7 Å². The highest BCUT2D eigenvalue weighted by molar-refractivity contribution is 5.88. The smallest absolute Gasteiger partial charge is 0.437 e. The van der Waals surface area contributed by atoms with Gasteiger partial charge < -0.3 is 14.1 Å². The topological polar surface area (TPSA) is 68.5 Å². The monoisotopic (exact) mass is 329 g/mol. The van der Waals surface area contributed by atoms with Crippen LogP contribution < -0.4 is 4.90 Å². The van der Waals surface area contributed by atoms with E-state index in [1.807, 2.05) is 0 Å². The highest BCUT2D eigenvalue weighted by Crippen LogP contribution is 2.34. The normalized spacial score (nSPS) is 11.3. The number of hydrogen-bond donors (Lipinski definition) is 0. The molecule has 2 heterocycles. The Morgan fingerprint density at radius 3 is 2.74 bits per heavy atom. The van der Waals surface area contributed by atoms with E-state index in [0.717, 1.165) is 5.56 Å². The first-order valence-electron chi connectivity index (χ1n) is 6.68. The number of carbonyl (C=O) groups excluding carboxylic acids is 1. The van der Waals surface area contributed by atoms with Crippen molar-refractivity contribution in [3.05, 3.63) is 41.5 Å². The van der Waals surface area contributed by atoms with Crippen molar-refractivity contribution in [2.75, 3.05) is 18.6 Å². The molecule has 0 saturated heterocycles. The summed E-state index contributed by atoms with van der Waals surface area (Å²) in [5.74, 6) is -2.15. The number of nitrogens with zero attached hydrogens (tertiary/aromatic N) is 3. The number of ether oxygens (including phenoxy) is 1. The molecule has 9 heteroatoms. The minimum Gasteiger partial charge on any atom is -0.460 e.